The monoisotopic (exact) mass is 391 g/mol. The van der Waals surface area contributed by atoms with Gasteiger partial charge in [-0.3, -0.25) is 9.69 Å². The van der Waals surface area contributed by atoms with Crippen LogP contribution in [0, 0.1) is 6.92 Å². The summed E-state index contributed by atoms with van der Waals surface area (Å²) in [7, 11) is 0. The first-order valence-electron chi connectivity index (χ1n) is 10.5. The zero-order chi connectivity index (χ0) is 19.8. The summed E-state index contributed by atoms with van der Waals surface area (Å²) >= 11 is 0. The van der Waals surface area contributed by atoms with Gasteiger partial charge in [0, 0.05) is 52.7 Å². The molecule has 0 bridgehead atoms. The standard InChI is InChI=1S/C19H33N7O2/c1-3-20-19(21-14-17-22-16(2)28-23-17)26-12-10-24(11-13-26)15-18(27)25-8-6-4-5-7-9-25/h3-15H2,1-2H3,(H,20,21). The highest BCUT2D eigenvalue weighted by Crippen LogP contribution is 2.11. The summed E-state index contributed by atoms with van der Waals surface area (Å²) in [5.41, 5.74) is 0. The van der Waals surface area contributed by atoms with Gasteiger partial charge in [0.05, 0.1) is 6.54 Å². The molecule has 2 aliphatic heterocycles. The van der Waals surface area contributed by atoms with Crippen molar-refractivity contribution in [3.05, 3.63) is 11.7 Å². The van der Waals surface area contributed by atoms with Crippen molar-refractivity contribution in [2.45, 2.75) is 46.1 Å². The molecule has 0 aliphatic carbocycles. The number of hydrogen-bond donors (Lipinski definition) is 1. The maximum Gasteiger partial charge on any atom is 0.236 e. The number of rotatable bonds is 5. The smallest absolute Gasteiger partial charge is 0.236 e. The average Bonchev–Trinajstić information content (AvgIpc) is 2.94. The number of nitrogens with one attached hydrogen (secondary N) is 1. The zero-order valence-corrected chi connectivity index (χ0v) is 17.2. The predicted molar refractivity (Wildman–Crippen MR) is 107 cm³/mol. The second-order valence-electron chi connectivity index (χ2n) is 7.46. The first-order chi connectivity index (χ1) is 13.7. The molecule has 2 fully saturated rings. The number of guanidine groups is 1. The van der Waals surface area contributed by atoms with E-state index in [0.717, 1.165) is 64.6 Å². The Morgan fingerprint density at radius 2 is 1.79 bits per heavy atom. The van der Waals surface area contributed by atoms with Gasteiger partial charge in [0.1, 0.15) is 6.54 Å². The highest BCUT2D eigenvalue weighted by molar-refractivity contribution is 5.80. The molecule has 9 nitrogen and oxygen atoms in total. The highest BCUT2D eigenvalue weighted by atomic mass is 16.5. The van der Waals surface area contributed by atoms with Crippen LogP contribution in [0.3, 0.4) is 0 Å². The van der Waals surface area contributed by atoms with E-state index in [9.17, 15) is 4.79 Å². The van der Waals surface area contributed by atoms with Gasteiger partial charge >= 0.3 is 0 Å². The summed E-state index contributed by atoms with van der Waals surface area (Å²) in [6.07, 6.45) is 4.78. The molecule has 2 saturated heterocycles. The molecule has 1 N–H and O–H groups in total. The minimum atomic E-state index is 0.281. The molecule has 0 radical (unpaired) electrons. The molecule has 0 spiro atoms. The third-order valence-corrected chi connectivity index (χ3v) is 5.26. The van der Waals surface area contributed by atoms with Crippen LogP contribution in [0.15, 0.2) is 9.52 Å². The Morgan fingerprint density at radius 3 is 2.39 bits per heavy atom. The largest absolute Gasteiger partial charge is 0.357 e. The van der Waals surface area contributed by atoms with Crippen LogP contribution < -0.4 is 5.32 Å². The number of aryl methyl sites for hydroxylation is 1. The van der Waals surface area contributed by atoms with Gasteiger partial charge in [0.25, 0.3) is 0 Å². The molecule has 2 aliphatic rings. The van der Waals surface area contributed by atoms with Crippen LogP contribution in [0.4, 0.5) is 0 Å². The van der Waals surface area contributed by atoms with Crippen molar-refractivity contribution in [1.29, 1.82) is 0 Å². The molecule has 0 atom stereocenters. The molecule has 1 aromatic rings. The van der Waals surface area contributed by atoms with E-state index in [-0.39, 0.29) is 5.91 Å². The van der Waals surface area contributed by atoms with Crippen molar-refractivity contribution in [3.63, 3.8) is 0 Å². The number of aromatic nitrogens is 2. The Bertz CT molecular complexity index is 644. The van der Waals surface area contributed by atoms with Crippen LogP contribution in [0.1, 0.15) is 44.3 Å². The number of hydrogen-bond acceptors (Lipinski definition) is 6. The molecular formula is C19H33N7O2. The summed E-state index contributed by atoms with van der Waals surface area (Å²) in [5, 5.41) is 7.24. The molecular weight excluding hydrogens is 358 g/mol. The van der Waals surface area contributed by atoms with Gasteiger partial charge in [0.2, 0.25) is 11.8 Å². The van der Waals surface area contributed by atoms with Gasteiger partial charge in [-0.15, -0.1) is 0 Å². The van der Waals surface area contributed by atoms with Crippen molar-refractivity contribution in [2.75, 3.05) is 52.4 Å². The topological polar surface area (TPSA) is 90.1 Å². The Hall–Kier alpha value is -2.16. The van der Waals surface area contributed by atoms with Gasteiger partial charge in [-0.2, -0.15) is 4.98 Å². The van der Waals surface area contributed by atoms with E-state index in [1.807, 2.05) is 0 Å². The van der Waals surface area contributed by atoms with Crippen LogP contribution >= 0.6 is 0 Å². The Morgan fingerprint density at radius 1 is 1.07 bits per heavy atom. The Balaban J connectivity index is 1.48. The lowest BCUT2D eigenvalue weighted by atomic mass is 10.2. The third kappa shape index (κ3) is 5.92. The molecule has 1 amide bonds. The van der Waals surface area contributed by atoms with Crippen molar-refractivity contribution >= 4 is 11.9 Å². The van der Waals surface area contributed by atoms with E-state index in [1.54, 1.807) is 6.92 Å². The maximum atomic E-state index is 12.6. The van der Waals surface area contributed by atoms with Gasteiger partial charge in [0.15, 0.2) is 11.8 Å². The second-order valence-corrected chi connectivity index (χ2v) is 7.46. The Kier molecular flexibility index (Phi) is 7.64. The second kappa shape index (κ2) is 10.4. The quantitative estimate of drug-likeness (QED) is 0.588. The summed E-state index contributed by atoms with van der Waals surface area (Å²) in [4.78, 5) is 28.0. The number of carbonyl (C=O) groups is 1. The molecule has 0 unspecified atom stereocenters. The van der Waals surface area contributed by atoms with Gasteiger partial charge in [-0.05, 0) is 19.8 Å². The van der Waals surface area contributed by atoms with E-state index in [4.69, 9.17) is 4.52 Å². The van der Waals surface area contributed by atoms with Crippen molar-refractivity contribution in [3.8, 4) is 0 Å². The molecule has 0 aromatic carbocycles. The van der Waals surface area contributed by atoms with Crippen LogP contribution in [0.2, 0.25) is 0 Å². The SMILES string of the molecule is CCNC(=NCc1noc(C)n1)N1CCN(CC(=O)N2CCCCCC2)CC1. The third-order valence-electron chi connectivity index (χ3n) is 5.26. The maximum absolute atomic E-state index is 12.6. The van der Waals surface area contributed by atoms with Crippen molar-refractivity contribution in [2.24, 2.45) is 4.99 Å². The molecule has 9 heteroatoms. The predicted octanol–water partition coefficient (Wildman–Crippen LogP) is 0.864. The molecule has 156 valence electrons. The first kappa shape index (κ1) is 20.6. The zero-order valence-electron chi connectivity index (χ0n) is 17.2. The molecule has 0 saturated carbocycles. The van der Waals surface area contributed by atoms with E-state index >= 15 is 0 Å². The summed E-state index contributed by atoms with van der Waals surface area (Å²) in [5.74, 6) is 2.29. The fraction of sp³-hybridized carbons (Fsp3) is 0.789. The minimum absolute atomic E-state index is 0.281. The average molecular weight is 392 g/mol. The van der Waals surface area contributed by atoms with Crippen LogP contribution in [-0.2, 0) is 11.3 Å². The number of carbonyl (C=O) groups excluding carboxylic acids is 1. The lowest BCUT2D eigenvalue weighted by Crippen LogP contribution is -2.54. The lowest BCUT2D eigenvalue weighted by Gasteiger charge is -2.37. The van der Waals surface area contributed by atoms with Gasteiger partial charge in [-0.25, -0.2) is 4.99 Å². The van der Waals surface area contributed by atoms with Crippen LogP contribution in [0.25, 0.3) is 0 Å². The molecule has 3 rings (SSSR count). The van der Waals surface area contributed by atoms with E-state index in [2.05, 4.69) is 42.1 Å². The lowest BCUT2D eigenvalue weighted by molar-refractivity contribution is -0.132. The fourth-order valence-corrected chi connectivity index (χ4v) is 3.71. The van der Waals surface area contributed by atoms with E-state index < -0.39 is 0 Å². The molecule has 1 aromatic heterocycles. The first-order valence-corrected chi connectivity index (χ1v) is 10.5. The minimum Gasteiger partial charge on any atom is -0.357 e. The van der Waals surface area contributed by atoms with Gasteiger partial charge < -0.3 is 19.6 Å². The van der Waals surface area contributed by atoms with Crippen LogP contribution in [-0.4, -0.2) is 89.1 Å². The number of aliphatic imine (C=N–C) groups is 1. The summed E-state index contributed by atoms with van der Waals surface area (Å²) < 4.78 is 5.00. The van der Waals surface area contributed by atoms with Crippen molar-refractivity contribution < 1.29 is 9.32 Å². The molecule has 3 heterocycles. The summed E-state index contributed by atoms with van der Waals surface area (Å²) in [6, 6.07) is 0. The van der Waals surface area contributed by atoms with Gasteiger partial charge in [-0.1, -0.05) is 18.0 Å². The molecule has 28 heavy (non-hydrogen) atoms. The van der Waals surface area contributed by atoms with Crippen LogP contribution in [0.5, 0.6) is 0 Å². The summed E-state index contributed by atoms with van der Waals surface area (Å²) in [6.45, 7) is 10.8. The number of piperazine rings is 1. The fourth-order valence-electron chi connectivity index (χ4n) is 3.71. The number of nitrogens with zero attached hydrogens (tertiary/aromatic N) is 6. The Labute approximate surface area is 167 Å². The highest BCUT2D eigenvalue weighted by Gasteiger charge is 2.23. The van der Waals surface area contributed by atoms with E-state index in [0.29, 0.717) is 24.8 Å². The number of amides is 1. The number of likely N-dealkylation sites (tertiary alicyclic amines) is 1. The normalized spacial score (nSPS) is 19.6. The van der Waals surface area contributed by atoms with Crippen molar-refractivity contribution in [1.82, 2.24) is 30.2 Å². The van der Waals surface area contributed by atoms with E-state index in [1.165, 1.54) is 12.8 Å².